The SMILES string of the molecule is CNC(CC1CCC1)C(=O)N1C[C@]2(C[C@H]1C(N)=O)C(=O)Nc1ccccc12. The third-order valence-corrected chi connectivity index (χ3v) is 6.54. The van der Waals surface area contributed by atoms with Crippen molar-refractivity contribution in [2.45, 2.75) is 49.6 Å². The monoisotopic (exact) mass is 370 g/mol. The smallest absolute Gasteiger partial charge is 0.240 e. The molecule has 1 unspecified atom stereocenters. The van der Waals surface area contributed by atoms with Crippen LogP contribution in [0.2, 0.25) is 0 Å². The number of benzene rings is 1. The van der Waals surface area contributed by atoms with Crippen LogP contribution in [-0.2, 0) is 19.8 Å². The van der Waals surface area contributed by atoms with Crippen LogP contribution in [0.5, 0.6) is 0 Å². The molecule has 0 bridgehead atoms. The number of para-hydroxylation sites is 1. The van der Waals surface area contributed by atoms with Gasteiger partial charge in [-0.15, -0.1) is 0 Å². The molecule has 144 valence electrons. The molecule has 2 heterocycles. The van der Waals surface area contributed by atoms with Crippen LogP contribution in [0, 0.1) is 5.92 Å². The van der Waals surface area contributed by atoms with Crippen LogP contribution in [-0.4, -0.2) is 48.3 Å². The predicted octanol–water partition coefficient (Wildman–Crippen LogP) is 0.741. The van der Waals surface area contributed by atoms with Gasteiger partial charge in [-0.2, -0.15) is 0 Å². The Kier molecular flexibility index (Phi) is 4.42. The largest absolute Gasteiger partial charge is 0.368 e. The van der Waals surface area contributed by atoms with Crippen LogP contribution in [0.1, 0.15) is 37.7 Å². The van der Waals surface area contributed by atoms with Gasteiger partial charge in [0.1, 0.15) is 6.04 Å². The molecule has 3 amide bonds. The molecule has 7 heteroatoms. The van der Waals surface area contributed by atoms with Crippen LogP contribution in [0.25, 0.3) is 0 Å². The maximum Gasteiger partial charge on any atom is 0.240 e. The zero-order valence-corrected chi connectivity index (χ0v) is 15.5. The fraction of sp³-hybridized carbons (Fsp3) is 0.550. The van der Waals surface area contributed by atoms with Gasteiger partial charge in [-0.1, -0.05) is 37.5 Å². The number of amides is 3. The number of anilines is 1. The maximum atomic E-state index is 13.2. The summed E-state index contributed by atoms with van der Waals surface area (Å²) >= 11 is 0. The van der Waals surface area contributed by atoms with Gasteiger partial charge < -0.3 is 21.3 Å². The second kappa shape index (κ2) is 6.64. The van der Waals surface area contributed by atoms with Gasteiger partial charge in [0.15, 0.2) is 0 Å². The van der Waals surface area contributed by atoms with Crippen molar-refractivity contribution in [2.24, 2.45) is 11.7 Å². The summed E-state index contributed by atoms with van der Waals surface area (Å²) in [4.78, 5) is 39.8. The van der Waals surface area contributed by atoms with Gasteiger partial charge in [-0.3, -0.25) is 14.4 Å². The van der Waals surface area contributed by atoms with E-state index in [1.165, 1.54) is 11.3 Å². The third kappa shape index (κ3) is 2.81. The minimum absolute atomic E-state index is 0.137. The quantitative estimate of drug-likeness (QED) is 0.711. The van der Waals surface area contributed by atoms with Crippen LogP contribution in [0.15, 0.2) is 24.3 Å². The fourth-order valence-corrected chi connectivity index (χ4v) is 4.73. The molecule has 27 heavy (non-hydrogen) atoms. The minimum Gasteiger partial charge on any atom is -0.368 e. The molecule has 0 aromatic heterocycles. The Morgan fingerprint density at radius 3 is 2.74 bits per heavy atom. The first kappa shape index (κ1) is 18.0. The van der Waals surface area contributed by atoms with Crippen molar-refractivity contribution < 1.29 is 14.4 Å². The lowest BCUT2D eigenvalue weighted by Gasteiger charge is -2.32. The first-order chi connectivity index (χ1) is 13.0. The van der Waals surface area contributed by atoms with Crippen LogP contribution in [0.3, 0.4) is 0 Å². The molecule has 4 N–H and O–H groups in total. The summed E-state index contributed by atoms with van der Waals surface area (Å²) in [5, 5.41) is 6.00. The van der Waals surface area contributed by atoms with E-state index in [1.54, 1.807) is 7.05 Å². The number of hydrogen-bond donors (Lipinski definition) is 3. The standard InChI is InChI=1S/C20H26N4O3/c1-22-15(9-12-5-4-6-12)18(26)24-11-20(10-16(24)17(21)25)13-7-2-3-8-14(13)23-19(20)27/h2-3,7-8,12,15-16,22H,4-6,9-11H2,1H3,(H2,21,25)(H,23,27)/t15?,16-,20-/m0/s1. The lowest BCUT2D eigenvalue weighted by molar-refractivity contribution is -0.139. The number of hydrogen-bond acceptors (Lipinski definition) is 4. The highest BCUT2D eigenvalue weighted by Gasteiger charge is 2.57. The average molecular weight is 370 g/mol. The average Bonchev–Trinajstić information content (AvgIpc) is 3.14. The van der Waals surface area contributed by atoms with Crippen molar-refractivity contribution in [3.8, 4) is 0 Å². The summed E-state index contributed by atoms with van der Waals surface area (Å²) in [7, 11) is 1.77. The molecular weight excluding hydrogens is 344 g/mol. The number of likely N-dealkylation sites (N-methyl/N-ethyl adjacent to an activating group) is 1. The molecule has 3 atom stereocenters. The predicted molar refractivity (Wildman–Crippen MR) is 101 cm³/mol. The minimum atomic E-state index is -0.902. The Hall–Kier alpha value is -2.41. The van der Waals surface area contributed by atoms with E-state index in [0.717, 1.165) is 30.5 Å². The van der Waals surface area contributed by atoms with Gasteiger partial charge in [-0.05, 0) is 37.4 Å². The van der Waals surface area contributed by atoms with Crippen molar-refractivity contribution in [1.82, 2.24) is 10.2 Å². The second-order valence-electron chi connectivity index (χ2n) is 8.04. The van der Waals surface area contributed by atoms with Gasteiger partial charge in [-0.25, -0.2) is 0 Å². The van der Waals surface area contributed by atoms with Crippen molar-refractivity contribution in [2.75, 3.05) is 18.9 Å². The Balaban J connectivity index is 1.64. The summed E-state index contributed by atoms with van der Waals surface area (Å²) in [5.41, 5.74) is 6.33. The summed E-state index contributed by atoms with van der Waals surface area (Å²) in [6.07, 6.45) is 4.49. The van der Waals surface area contributed by atoms with E-state index in [4.69, 9.17) is 5.73 Å². The van der Waals surface area contributed by atoms with Gasteiger partial charge in [0.2, 0.25) is 17.7 Å². The molecule has 2 fully saturated rings. The molecule has 1 aliphatic carbocycles. The molecular formula is C20H26N4O3. The fourth-order valence-electron chi connectivity index (χ4n) is 4.73. The molecule has 0 radical (unpaired) electrons. The molecule has 1 saturated heterocycles. The molecule has 1 aromatic carbocycles. The number of likely N-dealkylation sites (tertiary alicyclic amines) is 1. The highest BCUT2D eigenvalue weighted by atomic mass is 16.2. The molecule has 2 aliphatic heterocycles. The van der Waals surface area contributed by atoms with Gasteiger partial charge >= 0.3 is 0 Å². The number of rotatable bonds is 5. The Bertz CT molecular complexity index is 791. The number of carbonyl (C=O) groups excluding carboxylic acids is 3. The van der Waals surface area contributed by atoms with Crippen LogP contribution in [0.4, 0.5) is 5.69 Å². The number of primary amides is 1. The summed E-state index contributed by atoms with van der Waals surface area (Å²) in [6.45, 7) is 0.186. The summed E-state index contributed by atoms with van der Waals surface area (Å²) in [5.74, 6) is -0.311. The first-order valence-corrected chi connectivity index (χ1v) is 9.64. The van der Waals surface area contributed by atoms with Crippen LogP contribution < -0.4 is 16.4 Å². The third-order valence-electron chi connectivity index (χ3n) is 6.54. The highest BCUT2D eigenvalue weighted by molar-refractivity contribution is 6.08. The van der Waals surface area contributed by atoms with E-state index >= 15 is 0 Å². The van der Waals surface area contributed by atoms with Crippen molar-refractivity contribution in [1.29, 1.82) is 0 Å². The Morgan fingerprint density at radius 1 is 1.37 bits per heavy atom. The molecule has 1 aromatic rings. The summed E-state index contributed by atoms with van der Waals surface area (Å²) in [6, 6.07) is 6.34. The zero-order valence-electron chi connectivity index (χ0n) is 15.5. The van der Waals surface area contributed by atoms with E-state index < -0.39 is 17.4 Å². The number of carbonyl (C=O) groups is 3. The molecule has 4 rings (SSSR count). The molecule has 3 aliphatic rings. The van der Waals surface area contributed by atoms with Gasteiger partial charge in [0.25, 0.3) is 0 Å². The van der Waals surface area contributed by atoms with E-state index in [-0.39, 0.29) is 30.8 Å². The Morgan fingerprint density at radius 2 is 2.11 bits per heavy atom. The molecule has 1 spiro atoms. The number of fused-ring (bicyclic) bond motifs is 2. The highest BCUT2D eigenvalue weighted by Crippen LogP contribution is 2.46. The van der Waals surface area contributed by atoms with Gasteiger partial charge in [0, 0.05) is 12.2 Å². The lowest BCUT2D eigenvalue weighted by atomic mass is 9.79. The van der Waals surface area contributed by atoms with Crippen LogP contribution >= 0.6 is 0 Å². The number of nitrogens with zero attached hydrogens (tertiary/aromatic N) is 1. The van der Waals surface area contributed by atoms with E-state index in [9.17, 15) is 14.4 Å². The van der Waals surface area contributed by atoms with Crippen molar-refractivity contribution in [3.05, 3.63) is 29.8 Å². The zero-order chi connectivity index (χ0) is 19.2. The van der Waals surface area contributed by atoms with Crippen molar-refractivity contribution in [3.63, 3.8) is 0 Å². The maximum absolute atomic E-state index is 13.2. The lowest BCUT2D eigenvalue weighted by Crippen LogP contribution is -2.52. The van der Waals surface area contributed by atoms with Gasteiger partial charge in [0.05, 0.1) is 11.5 Å². The molecule has 7 nitrogen and oxygen atoms in total. The molecule has 1 saturated carbocycles. The van der Waals surface area contributed by atoms with E-state index in [1.807, 2.05) is 24.3 Å². The van der Waals surface area contributed by atoms with Crippen molar-refractivity contribution >= 4 is 23.4 Å². The van der Waals surface area contributed by atoms with E-state index in [0.29, 0.717) is 5.92 Å². The Labute approximate surface area is 158 Å². The number of nitrogens with two attached hydrogens (primary N) is 1. The summed E-state index contributed by atoms with van der Waals surface area (Å²) < 4.78 is 0. The van der Waals surface area contributed by atoms with E-state index in [2.05, 4.69) is 10.6 Å². The normalized spacial score (nSPS) is 28.0. The number of nitrogens with one attached hydrogen (secondary N) is 2. The first-order valence-electron chi connectivity index (χ1n) is 9.64. The second-order valence-corrected chi connectivity index (χ2v) is 8.04. The topological polar surface area (TPSA) is 105 Å².